The summed E-state index contributed by atoms with van der Waals surface area (Å²) in [6, 6.07) is 16.8. The molecule has 0 aliphatic carbocycles. The number of anilines is 2. The molecule has 7 nitrogen and oxygen atoms in total. The topological polar surface area (TPSA) is 88.5 Å². The molecule has 2 aromatic carbocycles. The van der Waals surface area contributed by atoms with Crippen LogP contribution in [0.5, 0.6) is 0 Å². The number of nitrogens with one attached hydrogen (secondary N) is 1. The maximum Gasteiger partial charge on any atom is 0.271 e. The molecule has 1 fully saturated rings. The van der Waals surface area contributed by atoms with E-state index in [1.165, 1.54) is 0 Å². The van der Waals surface area contributed by atoms with E-state index in [1.54, 1.807) is 30.5 Å². The molecule has 1 aromatic heterocycles. The highest BCUT2D eigenvalue weighted by Gasteiger charge is 2.23. The zero-order valence-corrected chi connectivity index (χ0v) is 16.4. The van der Waals surface area contributed by atoms with E-state index in [2.05, 4.69) is 15.4 Å². The lowest BCUT2D eigenvalue weighted by atomic mass is 10.2. The number of hydrogen-bond donors (Lipinski definition) is 2. The molecule has 1 aliphatic rings. The third-order valence-electron chi connectivity index (χ3n) is 5.02. The van der Waals surface area contributed by atoms with Gasteiger partial charge in [0.15, 0.2) is 0 Å². The summed E-state index contributed by atoms with van der Waals surface area (Å²) >= 11 is 0. The van der Waals surface area contributed by atoms with Crippen molar-refractivity contribution in [2.24, 2.45) is 5.10 Å². The Morgan fingerprint density at radius 2 is 1.79 bits per heavy atom. The van der Waals surface area contributed by atoms with E-state index in [1.807, 2.05) is 41.9 Å². The normalized spacial score (nSPS) is 13.9. The third-order valence-corrected chi connectivity index (χ3v) is 5.02. The molecule has 3 aromatic rings. The fourth-order valence-corrected chi connectivity index (χ4v) is 3.52. The average Bonchev–Trinajstić information content (AvgIpc) is 3.37. The monoisotopic (exact) mass is 388 g/mol. The van der Waals surface area contributed by atoms with Gasteiger partial charge in [0.25, 0.3) is 5.91 Å². The second kappa shape index (κ2) is 8.18. The predicted molar refractivity (Wildman–Crippen MR) is 116 cm³/mol. The molecule has 0 bridgehead atoms. The lowest BCUT2D eigenvalue weighted by Crippen LogP contribution is -2.23. The highest BCUT2D eigenvalue weighted by molar-refractivity contribution is 5.96. The molecule has 29 heavy (non-hydrogen) atoms. The van der Waals surface area contributed by atoms with E-state index < -0.39 is 0 Å². The molecule has 148 valence electrons. The summed E-state index contributed by atoms with van der Waals surface area (Å²) < 4.78 is 1.96. The molecule has 7 heteroatoms. The third kappa shape index (κ3) is 3.99. The Balaban J connectivity index is 1.62. The Bertz CT molecular complexity index is 1020. The van der Waals surface area contributed by atoms with E-state index in [-0.39, 0.29) is 5.91 Å². The summed E-state index contributed by atoms with van der Waals surface area (Å²) in [5.74, 6) is 0.730. The van der Waals surface area contributed by atoms with Gasteiger partial charge in [-0.2, -0.15) is 10.2 Å². The fourth-order valence-electron chi connectivity index (χ4n) is 3.52. The lowest BCUT2D eigenvalue weighted by molar-refractivity contribution is 0.0955. The second-order valence-electron chi connectivity index (χ2n) is 7.09. The van der Waals surface area contributed by atoms with Crippen LogP contribution in [-0.4, -0.2) is 35.0 Å². The Morgan fingerprint density at radius 1 is 1.10 bits per heavy atom. The van der Waals surface area contributed by atoms with Crippen molar-refractivity contribution in [2.75, 3.05) is 23.7 Å². The van der Waals surface area contributed by atoms with Crippen molar-refractivity contribution in [3.8, 4) is 5.69 Å². The average molecular weight is 388 g/mol. The molecule has 3 N–H and O–H groups in total. The number of nitrogens with zero attached hydrogens (tertiary/aromatic N) is 4. The van der Waals surface area contributed by atoms with Gasteiger partial charge < -0.3 is 10.6 Å². The summed E-state index contributed by atoms with van der Waals surface area (Å²) in [7, 11) is 0. The molecule has 0 saturated carbocycles. The van der Waals surface area contributed by atoms with Crippen LogP contribution >= 0.6 is 0 Å². The number of hydrogen-bond acceptors (Lipinski definition) is 5. The number of hydrazone groups is 1. The van der Waals surface area contributed by atoms with Crippen LogP contribution in [0.1, 0.15) is 34.5 Å². The van der Waals surface area contributed by atoms with Crippen LogP contribution in [0.4, 0.5) is 11.5 Å². The number of carbonyl (C=O) groups is 1. The highest BCUT2D eigenvalue weighted by Crippen LogP contribution is 2.28. The largest absolute Gasteiger partial charge is 0.399 e. The summed E-state index contributed by atoms with van der Waals surface area (Å²) in [6.45, 7) is 3.93. The highest BCUT2D eigenvalue weighted by atomic mass is 16.2. The van der Waals surface area contributed by atoms with Gasteiger partial charge in [0.05, 0.1) is 23.2 Å². The van der Waals surface area contributed by atoms with E-state index in [0.29, 0.717) is 11.3 Å². The summed E-state index contributed by atoms with van der Waals surface area (Å²) in [4.78, 5) is 14.6. The standard InChI is InChI=1S/C22H24N6O/c1-16-20(15-24-25-21(29)17-9-11-18(23)12-10-17)22(27-13-5-6-14-27)28(26-16)19-7-3-2-4-8-19/h2-4,7-12,15H,5-6,13-14,23H2,1H3,(H,25,29)/b24-15+. The summed E-state index contributed by atoms with van der Waals surface area (Å²) in [6.07, 6.45) is 4.00. The number of aryl methyl sites for hydroxylation is 1. The van der Waals surface area contributed by atoms with Crippen LogP contribution in [0.15, 0.2) is 59.7 Å². The molecule has 4 rings (SSSR count). The summed E-state index contributed by atoms with van der Waals surface area (Å²) in [5.41, 5.74) is 12.2. The van der Waals surface area contributed by atoms with Gasteiger partial charge in [-0.3, -0.25) is 4.79 Å². The minimum absolute atomic E-state index is 0.280. The van der Waals surface area contributed by atoms with Crippen molar-refractivity contribution in [3.05, 3.63) is 71.4 Å². The maximum absolute atomic E-state index is 12.3. The number of nitrogens with two attached hydrogens (primary N) is 1. The predicted octanol–water partition coefficient (Wildman–Crippen LogP) is 3.13. The Morgan fingerprint density at radius 3 is 2.48 bits per heavy atom. The van der Waals surface area contributed by atoms with Gasteiger partial charge in [0.1, 0.15) is 5.82 Å². The number of nitrogen functional groups attached to an aromatic ring is 1. The lowest BCUT2D eigenvalue weighted by Gasteiger charge is -2.20. The Kier molecular flexibility index (Phi) is 5.29. The Labute approximate surface area is 169 Å². The van der Waals surface area contributed by atoms with Crippen molar-refractivity contribution >= 4 is 23.6 Å². The van der Waals surface area contributed by atoms with Gasteiger partial charge >= 0.3 is 0 Å². The molecule has 1 amide bonds. The number of aromatic nitrogens is 2. The molecule has 0 atom stereocenters. The van der Waals surface area contributed by atoms with Crippen LogP contribution in [0.3, 0.4) is 0 Å². The smallest absolute Gasteiger partial charge is 0.271 e. The molecule has 0 spiro atoms. The number of amides is 1. The van der Waals surface area contributed by atoms with Crippen LogP contribution in [-0.2, 0) is 0 Å². The summed E-state index contributed by atoms with van der Waals surface area (Å²) in [5, 5.41) is 8.95. The maximum atomic E-state index is 12.3. The minimum atomic E-state index is -0.280. The van der Waals surface area contributed by atoms with Crippen LogP contribution < -0.4 is 16.1 Å². The molecular formula is C22H24N6O. The van der Waals surface area contributed by atoms with Crippen molar-refractivity contribution < 1.29 is 4.79 Å². The molecule has 0 unspecified atom stereocenters. The minimum Gasteiger partial charge on any atom is -0.399 e. The number of para-hydroxylation sites is 1. The number of benzene rings is 2. The van der Waals surface area contributed by atoms with Crippen molar-refractivity contribution in [3.63, 3.8) is 0 Å². The van der Waals surface area contributed by atoms with Gasteiger partial charge in [-0.1, -0.05) is 18.2 Å². The van der Waals surface area contributed by atoms with Crippen molar-refractivity contribution in [2.45, 2.75) is 19.8 Å². The SMILES string of the molecule is Cc1nn(-c2ccccc2)c(N2CCCC2)c1/C=N/NC(=O)c1ccc(N)cc1. The first kappa shape index (κ1) is 18.7. The van der Waals surface area contributed by atoms with Crippen molar-refractivity contribution in [1.82, 2.24) is 15.2 Å². The zero-order valence-electron chi connectivity index (χ0n) is 16.4. The first-order valence-corrected chi connectivity index (χ1v) is 9.72. The quantitative estimate of drug-likeness (QED) is 0.399. The van der Waals surface area contributed by atoms with E-state index in [0.717, 1.165) is 48.7 Å². The molecule has 2 heterocycles. The van der Waals surface area contributed by atoms with Gasteiger partial charge in [0, 0.05) is 24.3 Å². The number of rotatable bonds is 5. The number of carbonyl (C=O) groups excluding carboxylic acids is 1. The van der Waals surface area contributed by atoms with Gasteiger partial charge in [-0.05, 0) is 56.2 Å². The molecule has 0 radical (unpaired) electrons. The Hall–Kier alpha value is -3.61. The fraction of sp³-hybridized carbons (Fsp3) is 0.227. The van der Waals surface area contributed by atoms with Gasteiger partial charge in [-0.15, -0.1) is 0 Å². The van der Waals surface area contributed by atoms with Crippen molar-refractivity contribution in [1.29, 1.82) is 0 Å². The van der Waals surface area contributed by atoms with Crippen LogP contribution in [0.25, 0.3) is 5.69 Å². The molecular weight excluding hydrogens is 364 g/mol. The van der Waals surface area contributed by atoms with E-state index in [4.69, 9.17) is 10.8 Å². The molecule has 1 saturated heterocycles. The first-order chi connectivity index (χ1) is 14.1. The zero-order chi connectivity index (χ0) is 20.2. The van der Waals surface area contributed by atoms with Crippen LogP contribution in [0.2, 0.25) is 0 Å². The van der Waals surface area contributed by atoms with Gasteiger partial charge in [0.2, 0.25) is 0 Å². The van der Waals surface area contributed by atoms with E-state index >= 15 is 0 Å². The molecule has 1 aliphatic heterocycles. The van der Waals surface area contributed by atoms with Crippen LogP contribution in [0, 0.1) is 6.92 Å². The first-order valence-electron chi connectivity index (χ1n) is 9.72. The van der Waals surface area contributed by atoms with Gasteiger partial charge in [-0.25, -0.2) is 10.1 Å². The van der Waals surface area contributed by atoms with E-state index in [9.17, 15) is 4.79 Å². The second-order valence-corrected chi connectivity index (χ2v) is 7.09.